The maximum atomic E-state index is 11.8. The van der Waals surface area contributed by atoms with Crippen LogP contribution >= 0.6 is 0 Å². The zero-order valence-electron chi connectivity index (χ0n) is 10.2. The van der Waals surface area contributed by atoms with Crippen molar-refractivity contribution in [2.45, 2.75) is 44.9 Å². The van der Waals surface area contributed by atoms with Crippen LogP contribution in [-0.4, -0.2) is 23.5 Å². The molecule has 96 valence electrons. The highest BCUT2D eigenvalue weighted by Gasteiger charge is 2.34. The number of fused-ring (bicyclic) bond motifs is 1. The summed E-state index contributed by atoms with van der Waals surface area (Å²) in [6.07, 6.45) is 8.28. The highest BCUT2D eigenvalue weighted by molar-refractivity contribution is 5.82. The number of carbonyl (C=O) groups is 2. The molecule has 0 spiro atoms. The smallest absolute Gasteiger partial charge is 0.322 e. The lowest BCUT2D eigenvalue weighted by Gasteiger charge is -2.38. The minimum atomic E-state index is -0.968. The lowest BCUT2D eigenvalue weighted by Crippen LogP contribution is -2.39. The maximum absolute atomic E-state index is 11.8. The molecule has 2 aliphatic carbocycles. The Kier molecular flexibility index (Phi) is 4.02. The summed E-state index contributed by atoms with van der Waals surface area (Å²) in [5.74, 6) is 0.556. The monoisotopic (exact) mass is 239 g/mol. The van der Waals surface area contributed by atoms with Gasteiger partial charge in [-0.25, -0.2) is 0 Å². The van der Waals surface area contributed by atoms with Crippen LogP contribution in [0.5, 0.6) is 0 Å². The van der Waals surface area contributed by atoms with E-state index in [2.05, 4.69) is 5.32 Å². The van der Waals surface area contributed by atoms with E-state index < -0.39 is 5.97 Å². The number of carbonyl (C=O) groups excluding carboxylic acids is 1. The van der Waals surface area contributed by atoms with Gasteiger partial charge in [0.1, 0.15) is 6.54 Å². The first-order chi connectivity index (χ1) is 8.16. The van der Waals surface area contributed by atoms with E-state index in [1.807, 2.05) is 0 Å². The van der Waals surface area contributed by atoms with E-state index >= 15 is 0 Å². The van der Waals surface area contributed by atoms with Crippen LogP contribution in [0.25, 0.3) is 0 Å². The van der Waals surface area contributed by atoms with E-state index in [1.54, 1.807) is 0 Å². The number of carboxylic acids is 1. The average molecular weight is 239 g/mol. The maximum Gasteiger partial charge on any atom is 0.322 e. The molecule has 2 N–H and O–H groups in total. The van der Waals surface area contributed by atoms with Crippen LogP contribution in [0.4, 0.5) is 0 Å². The van der Waals surface area contributed by atoms with E-state index in [0.29, 0.717) is 5.92 Å². The SMILES string of the molecule is O=C(O)CNC(=O)C1CCC2CCCCC2C1. The van der Waals surface area contributed by atoms with Gasteiger partial charge in [-0.1, -0.05) is 25.7 Å². The summed E-state index contributed by atoms with van der Waals surface area (Å²) in [6, 6.07) is 0. The van der Waals surface area contributed by atoms with Crippen LogP contribution in [0.1, 0.15) is 44.9 Å². The number of hydrogen-bond acceptors (Lipinski definition) is 2. The molecule has 0 aromatic rings. The molecule has 2 rings (SSSR count). The minimum Gasteiger partial charge on any atom is -0.480 e. The van der Waals surface area contributed by atoms with Gasteiger partial charge in [0.25, 0.3) is 0 Å². The van der Waals surface area contributed by atoms with E-state index in [0.717, 1.165) is 25.2 Å². The molecule has 3 atom stereocenters. The molecule has 0 aliphatic heterocycles. The fourth-order valence-electron chi connectivity index (χ4n) is 3.42. The van der Waals surface area contributed by atoms with E-state index in [4.69, 9.17) is 5.11 Å². The lowest BCUT2D eigenvalue weighted by atomic mass is 9.67. The quantitative estimate of drug-likeness (QED) is 0.789. The molecule has 0 aromatic heterocycles. The first-order valence-corrected chi connectivity index (χ1v) is 6.66. The molecule has 17 heavy (non-hydrogen) atoms. The Bertz CT molecular complexity index is 303. The third-order valence-electron chi connectivity index (χ3n) is 4.32. The van der Waals surface area contributed by atoms with Crippen LogP contribution in [0.15, 0.2) is 0 Å². The van der Waals surface area contributed by atoms with Crippen molar-refractivity contribution in [2.75, 3.05) is 6.54 Å². The molecular weight excluding hydrogens is 218 g/mol. The Balaban J connectivity index is 1.82. The highest BCUT2D eigenvalue weighted by Crippen LogP contribution is 2.42. The third kappa shape index (κ3) is 3.20. The van der Waals surface area contributed by atoms with Gasteiger partial charge in [-0.15, -0.1) is 0 Å². The summed E-state index contributed by atoms with van der Waals surface area (Å²) >= 11 is 0. The Morgan fingerprint density at radius 1 is 1.06 bits per heavy atom. The Morgan fingerprint density at radius 2 is 1.76 bits per heavy atom. The van der Waals surface area contributed by atoms with Crippen LogP contribution in [0, 0.1) is 17.8 Å². The normalized spacial score (nSPS) is 32.6. The van der Waals surface area contributed by atoms with Crippen LogP contribution < -0.4 is 5.32 Å². The molecule has 2 aliphatic rings. The lowest BCUT2D eigenvalue weighted by molar-refractivity contribution is -0.139. The number of carboxylic acid groups (broad SMARTS) is 1. The standard InChI is InChI=1S/C13H21NO3/c15-12(16)8-14-13(17)11-6-5-9-3-1-2-4-10(9)7-11/h9-11H,1-8H2,(H,14,17)(H,15,16). The van der Waals surface area contributed by atoms with Crippen molar-refractivity contribution in [1.82, 2.24) is 5.32 Å². The van der Waals surface area contributed by atoms with Crippen molar-refractivity contribution in [1.29, 1.82) is 0 Å². The second-order valence-corrected chi connectivity index (χ2v) is 5.43. The van der Waals surface area contributed by atoms with Gasteiger partial charge in [0.05, 0.1) is 0 Å². The largest absolute Gasteiger partial charge is 0.480 e. The van der Waals surface area contributed by atoms with Crippen LogP contribution in [0.2, 0.25) is 0 Å². The van der Waals surface area contributed by atoms with Gasteiger partial charge >= 0.3 is 5.97 Å². The zero-order valence-corrected chi connectivity index (χ0v) is 10.2. The van der Waals surface area contributed by atoms with E-state index in [1.165, 1.54) is 25.7 Å². The summed E-state index contributed by atoms with van der Waals surface area (Å²) in [6.45, 7) is -0.247. The molecule has 4 nitrogen and oxygen atoms in total. The summed E-state index contributed by atoms with van der Waals surface area (Å²) in [4.78, 5) is 22.2. The van der Waals surface area contributed by atoms with Gasteiger partial charge in [0.15, 0.2) is 0 Å². The Labute approximate surface area is 102 Å². The number of nitrogens with one attached hydrogen (secondary N) is 1. The molecule has 1 amide bonds. The molecule has 0 bridgehead atoms. The van der Waals surface area contributed by atoms with Crippen molar-refractivity contribution in [3.8, 4) is 0 Å². The third-order valence-corrected chi connectivity index (χ3v) is 4.32. The van der Waals surface area contributed by atoms with Crippen molar-refractivity contribution >= 4 is 11.9 Å². The van der Waals surface area contributed by atoms with Gasteiger partial charge in [0.2, 0.25) is 5.91 Å². The van der Waals surface area contributed by atoms with E-state index in [9.17, 15) is 9.59 Å². The average Bonchev–Trinajstić information content (AvgIpc) is 2.35. The number of hydrogen-bond donors (Lipinski definition) is 2. The molecule has 0 heterocycles. The van der Waals surface area contributed by atoms with Crippen molar-refractivity contribution in [3.63, 3.8) is 0 Å². The molecule has 4 heteroatoms. The topological polar surface area (TPSA) is 66.4 Å². The molecule has 0 saturated heterocycles. The van der Waals surface area contributed by atoms with E-state index in [-0.39, 0.29) is 18.4 Å². The van der Waals surface area contributed by atoms with Crippen molar-refractivity contribution in [2.24, 2.45) is 17.8 Å². The molecule has 0 aromatic carbocycles. The van der Waals surface area contributed by atoms with Crippen molar-refractivity contribution < 1.29 is 14.7 Å². The Morgan fingerprint density at radius 3 is 2.47 bits per heavy atom. The van der Waals surface area contributed by atoms with Gasteiger partial charge < -0.3 is 10.4 Å². The minimum absolute atomic E-state index is 0.0497. The highest BCUT2D eigenvalue weighted by atomic mass is 16.4. The van der Waals surface area contributed by atoms with Gasteiger partial charge in [-0.2, -0.15) is 0 Å². The first-order valence-electron chi connectivity index (χ1n) is 6.66. The Hall–Kier alpha value is -1.06. The van der Waals surface area contributed by atoms with Crippen molar-refractivity contribution in [3.05, 3.63) is 0 Å². The predicted octanol–water partition coefficient (Wildman–Crippen LogP) is 1.79. The second kappa shape index (κ2) is 5.52. The molecular formula is C13H21NO3. The fourth-order valence-corrected chi connectivity index (χ4v) is 3.42. The summed E-state index contributed by atoms with van der Waals surface area (Å²) in [5.41, 5.74) is 0. The van der Waals surface area contributed by atoms with Gasteiger partial charge in [0, 0.05) is 5.92 Å². The fraction of sp³-hybridized carbons (Fsp3) is 0.846. The summed E-state index contributed by atoms with van der Waals surface area (Å²) < 4.78 is 0. The van der Waals surface area contributed by atoms with Crippen LogP contribution in [-0.2, 0) is 9.59 Å². The summed E-state index contributed by atoms with van der Waals surface area (Å²) in [7, 11) is 0. The number of amides is 1. The second-order valence-electron chi connectivity index (χ2n) is 5.43. The predicted molar refractivity (Wildman–Crippen MR) is 63.4 cm³/mol. The summed E-state index contributed by atoms with van der Waals surface area (Å²) in [5, 5.41) is 11.0. The molecule has 3 unspecified atom stereocenters. The molecule has 2 fully saturated rings. The van der Waals surface area contributed by atoms with Gasteiger partial charge in [-0.3, -0.25) is 9.59 Å². The first kappa shape index (κ1) is 12.4. The van der Waals surface area contributed by atoms with Gasteiger partial charge in [-0.05, 0) is 31.1 Å². The number of rotatable bonds is 3. The number of aliphatic carboxylic acids is 1. The molecule has 2 saturated carbocycles. The zero-order chi connectivity index (χ0) is 12.3. The molecule has 0 radical (unpaired) electrons. The van der Waals surface area contributed by atoms with Crippen LogP contribution in [0.3, 0.4) is 0 Å².